The summed E-state index contributed by atoms with van der Waals surface area (Å²) in [6, 6.07) is 14.2. The first-order chi connectivity index (χ1) is 13.6. The Labute approximate surface area is 170 Å². The monoisotopic (exact) mass is 432 g/mol. The molecule has 0 saturated carbocycles. The van der Waals surface area contributed by atoms with E-state index in [-0.39, 0.29) is 0 Å². The van der Waals surface area contributed by atoms with Crippen LogP contribution in [0.1, 0.15) is 22.6 Å². The number of rotatable bonds is 3. The molecular formula is C21H17BrN6. The van der Waals surface area contributed by atoms with Crippen LogP contribution in [-0.2, 0) is 6.42 Å². The van der Waals surface area contributed by atoms with E-state index in [1.165, 1.54) is 5.56 Å². The van der Waals surface area contributed by atoms with Crippen molar-refractivity contribution >= 4 is 32.6 Å². The van der Waals surface area contributed by atoms with Crippen LogP contribution in [0.2, 0.25) is 0 Å². The average Bonchev–Trinajstić information content (AvgIpc) is 3.22. The summed E-state index contributed by atoms with van der Waals surface area (Å²) in [7, 11) is 0. The Kier molecular flexibility index (Phi) is 3.98. The van der Waals surface area contributed by atoms with Gasteiger partial charge in [-0.1, -0.05) is 30.3 Å². The number of aromatic nitrogens is 6. The van der Waals surface area contributed by atoms with Gasteiger partial charge in [0.2, 0.25) is 0 Å². The number of halogens is 1. The molecule has 0 atom stereocenters. The van der Waals surface area contributed by atoms with Gasteiger partial charge < -0.3 is 0 Å². The van der Waals surface area contributed by atoms with Crippen LogP contribution in [0, 0.1) is 13.8 Å². The van der Waals surface area contributed by atoms with Gasteiger partial charge in [-0.05, 0) is 53.0 Å². The van der Waals surface area contributed by atoms with Gasteiger partial charge in [0.25, 0.3) is 0 Å². The van der Waals surface area contributed by atoms with Crippen LogP contribution < -0.4 is 0 Å². The fourth-order valence-electron chi connectivity index (χ4n) is 3.54. The number of benzene rings is 1. The zero-order valence-corrected chi connectivity index (χ0v) is 17.1. The molecule has 4 aromatic heterocycles. The SMILES string of the molecule is Cc1c(C)n(-c2ccc(Br)cn2)c2ncn3nc(Cc4ccccc4)nc3c12. The van der Waals surface area contributed by atoms with Crippen LogP contribution in [0.3, 0.4) is 0 Å². The van der Waals surface area contributed by atoms with E-state index in [1.807, 2.05) is 30.3 Å². The maximum atomic E-state index is 4.83. The second-order valence-electron chi connectivity index (χ2n) is 6.78. The van der Waals surface area contributed by atoms with Crippen molar-refractivity contribution in [1.82, 2.24) is 29.1 Å². The second-order valence-corrected chi connectivity index (χ2v) is 7.70. The number of aryl methyl sites for hydroxylation is 1. The summed E-state index contributed by atoms with van der Waals surface area (Å²) in [5, 5.41) is 5.65. The van der Waals surface area contributed by atoms with E-state index in [0.717, 1.165) is 44.1 Å². The van der Waals surface area contributed by atoms with Crippen molar-refractivity contribution in [1.29, 1.82) is 0 Å². The van der Waals surface area contributed by atoms with Crippen LogP contribution >= 0.6 is 15.9 Å². The second kappa shape index (κ2) is 6.53. The molecule has 0 bridgehead atoms. The van der Waals surface area contributed by atoms with Gasteiger partial charge in [0, 0.05) is 22.8 Å². The summed E-state index contributed by atoms with van der Waals surface area (Å²) in [5.41, 5.74) is 5.09. The van der Waals surface area contributed by atoms with E-state index in [2.05, 4.69) is 61.5 Å². The minimum atomic E-state index is 0.691. The highest BCUT2D eigenvalue weighted by atomic mass is 79.9. The number of pyridine rings is 1. The molecule has 4 heterocycles. The fraction of sp³-hybridized carbons (Fsp3) is 0.143. The van der Waals surface area contributed by atoms with Crippen molar-refractivity contribution in [3.63, 3.8) is 0 Å². The average molecular weight is 433 g/mol. The van der Waals surface area contributed by atoms with Gasteiger partial charge in [-0.15, -0.1) is 5.10 Å². The molecule has 28 heavy (non-hydrogen) atoms. The first-order valence-electron chi connectivity index (χ1n) is 8.99. The van der Waals surface area contributed by atoms with Crippen molar-refractivity contribution in [3.8, 4) is 5.82 Å². The van der Waals surface area contributed by atoms with Crippen molar-refractivity contribution in [2.24, 2.45) is 0 Å². The molecule has 0 spiro atoms. The normalized spacial score (nSPS) is 11.5. The maximum absolute atomic E-state index is 4.83. The predicted octanol–water partition coefficient (Wildman–Crippen LogP) is 4.43. The zero-order valence-electron chi connectivity index (χ0n) is 15.5. The highest BCUT2D eigenvalue weighted by molar-refractivity contribution is 9.10. The third-order valence-electron chi connectivity index (χ3n) is 5.02. The zero-order chi connectivity index (χ0) is 19.3. The lowest BCUT2D eigenvalue weighted by Gasteiger charge is -2.06. The van der Waals surface area contributed by atoms with Gasteiger partial charge in [0.05, 0.1) is 5.39 Å². The minimum Gasteiger partial charge on any atom is -0.282 e. The summed E-state index contributed by atoms with van der Waals surface area (Å²) in [6.45, 7) is 4.18. The molecule has 138 valence electrons. The van der Waals surface area contributed by atoms with E-state index in [1.54, 1.807) is 17.0 Å². The van der Waals surface area contributed by atoms with Gasteiger partial charge in [-0.25, -0.2) is 19.5 Å². The van der Waals surface area contributed by atoms with Crippen LogP contribution in [0.5, 0.6) is 0 Å². The Morgan fingerprint density at radius 1 is 0.964 bits per heavy atom. The minimum absolute atomic E-state index is 0.691. The molecule has 0 unspecified atom stereocenters. The smallest absolute Gasteiger partial charge is 0.168 e. The first-order valence-corrected chi connectivity index (χ1v) is 9.79. The Balaban J connectivity index is 1.70. The predicted molar refractivity (Wildman–Crippen MR) is 112 cm³/mol. The van der Waals surface area contributed by atoms with E-state index >= 15 is 0 Å². The third-order valence-corrected chi connectivity index (χ3v) is 5.49. The van der Waals surface area contributed by atoms with E-state index in [0.29, 0.717) is 6.42 Å². The summed E-state index contributed by atoms with van der Waals surface area (Å²) in [4.78, 5) is 14.1. The van der Waals surface area contributed by atoms with Crippen molar-refractivity contribution in [2.45, 2.75) is 20.3 Å². The molecule has 1 aromatic carbocycles. The first kappa shape index (κ1) is 17.1. The molecule has 0 radical (unpaired) electrons. The van der Waals surface area contributed by atoms with Crippen LogP contribution in [-0.4, -0.2) is 29.1 Å². The highest BCUT2D eigenvalue weighted by Gasteiger charge is 2.19. The van der Waals surface area contributed by atoms with Crippen LogP contribution in [0.4, 0.5) is 0 Å². The van der Waals surface area contributed by atoms with Gasteiger partial charge in [-0.2, -0.15) is 0 Å². The van der Waals surface area contributed by atoms with E-state index in [9.17, 15) is 0 Å². The molecule has 7 heteroatoms. The molecule has 0 fully saturated rings. The standard InChI is InChI=1S/C21H17BrN6/c1-13-14(2)28(18-9-8-16(22)11-23-18)20-19(13)21-25-17(26-27(21)12-24-20)10-15-6-4-3-5-7-15/h3-9,11-12H,10H2,1-2H3. The van der Waals surface area contributed by atoms with Gasteiger partial charge in [0.15, 0.2) is 17.1 Å². The molecule has 5 rings (SSSR count). The van der Waals surface area contributed by atoms with Gasteiger partial charge in [-0.3, -0.25) is 4.57 Å². The summed E-state index contributed by atoms with van der Waals surface area (Å²) in [6.07, 6.45) is 4.22. The Morgan fingerprint density at radius 2 is 1.79 bits per heavy atom. The molecule has 0 saturated heterocycles. The van der Waals surface area contributed by atoms with Crippen LogP contribution in [0.15, 0.2) is 59.5 Å². The summed E-state index contributed by atoms with van der Waals surface area (Å²) >= 11 is 3.44. The molecule has 0 aliphatic rings. The van der Waals surface area contributed by atoms with Crippen molar-refractivity contribution < 1.29 is 0 Å². The van der Waals surface area contributed by atoms with Crippen molar-refractivity contribution in [2.75, 3.05) is 0 Å². The molecule has 6 nitrogen and oxygen atoms in total. The number of nitrogens with zero attached hydrogens (tertiary/aromatic N) is 6. The maximum Gasteiger partial charge on any atom is 0.168 e. The molecular weight excluding hydrogens is 416 g/mol. The number of hydrogen-bond acceptors (Lipinski definition) is 4. The third kappa shape index (κ3) is 2.70. The Bertz CT molecular complexity index is 1300. The summed E-state index contributed by atoms with van der Waals surface area (Å²) < 4.78 is 4.79. The number of hydrogen-bond donors (Lipinski definition) is 0. The largest absolute Gasteiger partial charge is 0.282 e. The highest BCUT2D eigenvalue weighted by Crippen LogP contribution is 2.29. The van der Waals surface area contributed by atoms with Crippen LogP contribution in [0.25, 0.3) is 22.5 Å². The number of fused-ring (bicyclic) bond motifs is 3. The van der Waals surface area contributed by atoms with Gasteiger partial charge >= 0.3 is 0 Å². The Hall–Kier alpha value is -3.06. The van der Waals surface area contributed by atoms with E-state index < -0.39 is 0 Å². The topological polar surface area (TPSA) is 60.9 Å². The molecule has 0 aliphatic carbocycles. The molecule has 5 aromatic rings. The molecule has 0 N–H and O–H groups in total. The Morgan fingerprint density at radius 3 is 2.54 bits per heavy atom. The lowest BCUT2D eigenvalue weighted by molar-refractivity contribution is 0.877. The molecule has 0 amide bonds. The lowest BCUT2D eigenvalue weighted by atomic mass is 10.1. The molecule has 0 aliphatic heterocycles. The summed E-state index contributed by atoms with van der Waals surface area (Å²) in [5.74, 6) is 1.62. The fourth-order valence-corrected chi connectivity index (χ4v) is 3.77. The van der Waals surface area contributed by atoms with E-state index in [4.69, 9.17) is 4.98 Å². The van der Waals surface area contributed by atoms with Crippen molar-refractivity contribution in [3.05, 3.63) is 82.1 Å². The quantitative estimate of drug-likeness (QED) is 0.422. The van der Waals surface area contributed by atoms with Gasteiger partial charge in [0.1, 0.15) is 12.1 Å². The lowest BCUT2D eigenvalue weighted by Crippen LogP contribution is -2.01.